The van der Waals surface area contributed by atoms with Crippen molar-refractivity contribution in [2.24, 2.45) is 0 Å². The molecule has 7 nitrogen and oxygen atoms in total. The summed E-state index contributed by atoms with van der Waals surface area (Å²) in [5.41, 5.74) is 0.332. The molecule has 1 amide bonds. The molecule has 0 bridgehead atoms. The fraction of sp³-hybridized carbons (Fsp3) is 0.385. The summed E-state index contributed by atoms with van der Waals surface area (Å²) in [6.07, 6.45) is -0.268. The molecular formula is C13H17NO6S. The van der Waals surface area contributed by atoms with E-state index in [0.29, 0.717) is 5.56 Å². The van der Waals surface area contributed by atoms with Crippen molar-refractivity contribution in [2.45, 2.75) is 19.4 Å². The summed E-state index contributed by atoms with van der Waals surface area (Å²) >= 11 is 0. The lowest BCUT2D eigenvalue weighted by molar-refractivity contribution is -0.145. The van der Waals surface area contributed by atoms with Crippen LogP contribution in [0, 0.1) is 0 Å². The second-order valence-electron chi connectivity index (χ2n) is 4.22. The van der Waals surface area contributed by atoms with Gasteiger partial charge < -0.3 is 10.1 Å². The largest absolute Gasteiger partial charge is 0.464 e. The number of benzene rings is 1. The Hall–Kier alpha value is -1.93. The Kier molecular flexibility index (Phi) is 6.32. The molecule has 1 atom stereocenters. The van der Waals surface area contributed by atoms with Crippen LogP contribution in [0.15, 0.2) is 30.3 Å². The van der Waals surface area contributed by atoms with Crippen molar-refractivity contribution in [3.05, 3.63) is 35.9 Å². The molecule has 0 radical (unpaired) electrons. The van der Waals surface area contributed by atoms with E-state index < -0.39 is 33.8 Å². The van der Waals surface area contributed by atoms with E-state index in [0.717, 1.165) is 0 Å². The second-order valence-corrected chi connectivity index (χ2v) is 5.79. The van der Waals surface area contributed by atoms with Gasteiger partial charge in [0.2, 0.25) is 0 Å². The SMILES string of the molecule is CCOC(=O)[C@H](CCS(=O)(=O)O)NC(=O)c1ccccc1. The number of carbonyl (C=O) groups excluding carboxylic acids is 2. The second kappa shape index (κ2) is 7.75. The van der Waals surface area contributed by atoms with Gasteiger partial charge in [-0.25, -0.2) is 4.79 Å². The molecule has 0 fully saturated rings. The average molecular weight is 315 g/mol. The smallest absolute Gasteiger partial charge is 0.328 e. The third kappa shape index (κ3) is 6.37. The molecule has 2 N–H and O–H groups in total. The number of amides is 1. The topological polar surface area (TPSA) is 110 Å². The van der Waals surface area contributed by atoms with Crippen molar-refractivity contribution in [1.29, 1.82) is 0 Å². The van der Waals surface area contributed by atoms with E-state index in [2.05, 4.69) is 5.32 Å². The Bertz CT molecular complexity index is 584. The zero-order valence-electron chi connectivity index (χ0n) is 11.5. The average Bonchev–Trinajstić information content (AvgIpc) is 2.43. The van der Waals surface area contributed by atoms with E-state index in [1.165, 1.54) is 0 Å². The van der Waals surface area contributed by atoms with Crippen LogP contribution in [0.25, 0.3) is 0 Å². The minimum atomic E-state index is -4.23. The van der Waals surface area contributed by atoms with Gasteiger partial charge in [0.25, 0.3) is 16.0 Å². The fourth-order valence-corrected chi connectivity index (χ4v) is 2.12. The Morgan fingerprint density at radius 3 is 2.43 bits per heavy atom. The van der Waals surface area contributed by atoms with Crippen molar-refractivity contribution >= 4 is 22.0 Å². The van der Waals surface area contributed by atoms with Gasteiger partial charge in [-0.05, 0) is 25.5 Å². The van der Waals surface area contributed by atoms with Gasteiger partial charge in [0, 0.05) is 5.56 Å². The molecule has 0 aromatic heterocycles. The highest BCUT2D eigenvalue weighted by atomic mass is 32.2. The highest BCUT2D eigenvalue weighted by molar-refractivity contribution is 7.85. The molecule has 0 saturated heterocycles. The van der Waals surface area contributed by atoms with E-state index in [1.54, 1.807) is 37.3 Å². The number of hydrogen-bond acceptors (Lipinski definition) is 5. The van der Waals surface area contributed by atoms with Gasteiger partial charge in [0.1, 0.15) is 6.04 Å². The van der Waals surface area contributed by atoms with Crippen LogP contribution in [0.5, 0.6) is 0 Å². The van der Waals surface area contributed by atoms with Crippen molar-refractivity contribution in [2.75, 3.05) is 12.4 Å². The van der Waals surface area contributed by atoms with Gasteiger partial charge in [-0.1, -0.05) is 18.2 Å². The maximum Gasteiger partial charge on any atom is 0.328 e. The van der Waals surface area contributed by atoms with Crippen molar-refractivity contribution < 1.29 is 27.3 Å². The van der Waals surface area contributed by atoms with Gasteiger partial charge in [0.15, 0.2) is 0 Å². The highest BCUT2D eigenvalue weighted by Gasteiger charge is 2.24. The van der Waals surface area contributed by atoms with E-state index in [-0.39, 0.29) is 13.0 Å². The molecule has 0 aliphatic rings. The lowest BCUT2D eigenvalue weighted by Crippen LogP contribution is -2.43. The molecule has 0 saturated carbocycles. The highest BCUT2D eigenvalue weighted by Crippen LogP contribution is 2.03. The van der Waals surface area contributed by atoms with Crippen LogP contribution < -0.4 is 5.32 Å². The minimum Gasteiger partial charge on any atom is -0.464 e. The van der Waals surface area contributed by atoms with Crippen LogP contribution in [0.2, 0.25) is 0 Å². The van der Waals surface area contributed by atoms with Gasteiger partial charge >= 0.3 is 5.97 Å². The summed E-state index contributed by atoms with van der Waals surface area (Å²) in [5.74, 6) is -1.92. The van der Waals surface area contributed by atoms with Crippen LogP contribution >= 0.6 is 0 Å². The van der Waals surface area contributed by atoms with E-state index in [9.17, 15) is 18.0 Å². The molecule has 0 aliphatic heterocycles. The standard InChI is InChI=1S/C13H17NO6S/c1-2-20-13(16)11(8-9-21(17,18)19)14-12(15)10-6-4-3-5-7-10/h3-7,11H,2,8-9H2,1H3,(H,14,15)(H,17,18,19)/t11-/m0/s1. The van der Waals surface area contributed by atoms with Crippen LogP contribution in [0.4, 0.5) is 0 Å². The summed E-state index contributed by atoms with van der Waals surface area (Å²) in [7, 11) is -4.23. The first-order valence-corrected chi connectivity index (χ1v) is 7.92. The van der Waals surface area contributed by atoms with E-state index in [4.69, 9.17) is 9.29 Å². The van der Waals surface area contributed by atoms with Crippen LogP contribution in [-0.2, 0) is 19.6 Å². The summed E-state index contributed by atoms with van der Waals surface area (Å²) < 4.78 is 35.0. The molecular weight excluding hydrogens is 298 g/mol. The molecule has 0 heterocycles. The summed E-state index contributed by atoms with van der Waals surface area (Å²) in [6.45, 7) is 1.69. The fourth-order valence-electron chi connectivity index (χ4n) is 1.59. The lowest BCUT2D eigenvalue weighted by Gasteiger charge is -2.16. The van der Waals surface area contributed by atoms with Crippen LogP contribution in [-0.4, -0.2) is 43.2 Å². The third-order valence-corrected chi connectivity index (χ3v) is 3.33. The molecule has 1 rings (SSSR count). The number of ether oxygens (including phenoxy) is 1. The quantitative estimate of drug-likeness (QED) is 0.564. The first-order chi connectivity index (χ1) is 9.83. The Balaban J connectivity index is 2.77. The molecule has 0 spiro atoms. The molecule has 8 heteroatoms. The summed E-state index contributed by atoms with van der Waals surface area (Å²) in [4.78, 5) is 23.7. The van der Waals surface area contributed by atoms with Gasteiger partial charge in [-0.15, -0.1) is 0 Å². The van der Waals surface area contributed by atoms with Gasteiger partial charge in [0.05, 0.1) is 12.4 Å². The van der Waals surface area contributed by atoms with Crippen molar-refractivity contribution in [1.82, 2.24) is 5.32 Å². The number of esters is 1. The number of rotatable bonds is 7. The van der Waals surface area contributed by atoms with Gasteiger partial charge in [-0.3, -0.25) is 9.35 Å². The predicted octanol–water partition coefficient (Wildman–Crippen LogP) is 0.626. The molecule has 0 unspecified atom stereocenters. The van der Waals surface area contributed by atoms with Crippen molar-refractivity contribution in [3.63, 3.8) is 0 Å². The zero-order valence-corrected chi connectivity index (χ0v) is 12.3. The minimum absolute atomic E-state index is 0.0996. The van der Waals surface area contributed by atoms with Crippen LogP contribution in [0.3, 0.4) is 0 Å². The Labute approximate surface area is 123 Å². The normalized spacial score (nSPS) is 12.5. The van der Waals surface area contributed by atoms with E-state index in [1.807, 2.05) is 0 Å². The third-order valence-electron chi connectivity index (χ3n) is 2.58. The molecule has 1 aromatic carbocycles. The number of hydrogen-bond donors (Lipinski definition) is 2. The first-order valence-electron chi connectivity index (χ1n) is 6.31. The maximum atomic E-state index is 12.0. The number of carbonyl (C=O) groups is 2. The summed E-state index contributed by atoms with van der Waals surface area (Å²) in [5, 5.41) is 2.40. The molecule has 21 heavy (non-hydrogen) atoms. The summed E-state index contributed by atoms with van der Waals surface area (Å²) in [6, 6.07) is 7.02. The molecule has 0 aliphatic carbocycles. The lowest BCUT2D eigenvalue weighted by atomic mass is 10.1. The Morgan fingerprint density at radius 2 is 1.90 bits per heavy atom. The zero-order chi connectivity index (χ0) is 15.9. The maximum absolute atomic E-state index is 12.0. The Morgan fingerprint density at radius 1 is 1.29 bits per heavy atom. The van der Waals surface area contributed by atoms with E-state index >= 15 is 0 Å². The monoisotopic (exact) mass is 315 g/mol. The van der Waals surface area contributed by atoms with Crippen LogP contribution in [0.1, 0.15) is 23.7 Å². The number of nitrogens with one attached hydrogen (secondary N) is 1. The molecule has 1 aromatic rings. The predicted molar refractivity (Wildman–Crippen MR) is 75.4 cm³/mol. The molecule has 116 valence electrons. The van der Waals surface area contributed by atoms with Gasteiger partial charge in [-0.2, -0.15) is 8.42 Å². The first kappa shape index (κ1) is 17.1. The van der Waals surface area contributed by atoms with Crippen molar-refractivity contribution in [3.8, 4) is 0 Å².